The highest BCUT2D eigenvalue weighted by Crippen LogP contribution is 2.31. The molecule has 1 saturated heterocycles. The molecule has 114 valence electrons. The minimum absolute atomic E-state index is 0.845. The first-order valence-electron chi connectivity index (χ1n) is 7.92. The number of aromatic nitrogens is 2. The van der Waals surface area contributed by atoms with Crippen LogP contribution in [0.3, 0.4) is 0 Å². The quantitative estimate of drug-likeness (QED) is 0.844. The Morgan fingerprint density at radius 2 is 1.64 bits per heavy atom. The van der Waals surface area contributed by atoms with E-state index in [-0.39, 0.29) is 0 Å². The molecule has 4 rings (SSSR count). The molecule has 0 unspecified atom stereocenters. The summed E-state index contributed by atoms with van der Waals surface area (Å²) in [6.45, 7) is 5.12. The summed E-state index contributed by atoms with van der Waals surface area (Å²) in [7, 11) is 2.17. The van der Waals surface area contributed by atoms with E-state index >= 15 is 0 Å². The summed E-state index contributed by atoms with van der Waals surface area (Å²) >= 11 is 0. The predicted molar refractivity (Wildman–Crippen MR) is 89.9 cm³/mol. The minimum atomic E-state index is 0.845. The van der Waals surface area contributed by atoms with Gasteiger partial charge in [0.25, 0.3) is 0 Å². The number of anilines is 3. The molecule has 2 aromatic rings. The second kappa shape index (κ2) is 5.48. The average molecular weight is 295 g/mol. The fraction of sp³-hybridized carbons (Fsp3) is 0.412. The maximum atomic E-state index is 4.35. The number of fused-ring (bicyclic) bond motifs is 1. The SMILES string of the molecule is CN1CCc2cc(N3CCN(c4ncccn4)CC3)ccc21. The van der Waals surface area contributed by atoms with E-state index in [1.54, 1.807) is 0 Å². The molecular weight excluding hydrogens is 274 g/mol. The highest BCUT2D eigenvalue weighted by atomic mass is 15.3. The average Bonchev–Trinajstić information content (AvgIpc) is 2.96. The number of nitrogens with zero attached hydrogens (tertiary/aromatic N) is 5. The van der Waals surface area contributed by atoms with Gasteiger partial charge >= 0.3 is 0 Å². The van der Waals surface area contributed by atoms with E-state index in [1.807, 2.05) is 18.5 Å². The van der Waals surface area contributed by atoms with Gasteiger partial charge < -0.3 is 14.7 Å². The van der Waals surface area contributed by atoms with Crippen LogP contribution in [-0.2, 0) is 6.42 Å². The zero-order valence-corrected chi connectivity index (χ0v) is 12.9. The summed E-state index contributed by atoms with van der Waals surface area (Å²) in [6, 6.07) is 8.76. The van der Waals surface area contributed by atoms with Gasteiger partial charge in [0.1, 0.15) is 0 Å². The van der Waals surface area contributed by atoms with Crippen molar-refractivity contribution in [2.75, 3.05) is 54.5 Å². The Labute approximate surface area is 131 Å². The molecule has 3 heterocycles. The number of likely N-dealkylation sites (N-methyl/N-ethyl adjacent to an activating group) is 1. The third-order valence-corrected chi connectivity index (χ3v) is 4.67. The fourth-order valence-electron chi connectivity index (χ4n) is 3.37. The number of hydrogen-bond donors (Lipinski definition) is 0. The van der Waals surface area contributed by atoms with E-state index in [0.29, 0.717) is 0 Å². The van der Waals surface area contributed by atoms with Crippen LogP contribution in [0.4, 0.5) is 17.3 Å². The van der Waals surface area contributed by atoms with E-state index in [9.17, 15) is 0 Å². The Morgan fingerprint density at radius 3 is 2.41 bits per heavy atom. The minimum Gasteiger partial charge on any atom is -0.374 e. The van der Waals surface area contributed by atoms with Crippen LogP contribution in [0.25, 0.3) is 0 Å². The Bertz CT molecular complexity index is 649. The highest BCUT2D eigenvalue weighted by molar-refractivity contribution is 5.64. The molecule has 2 aliphatic heterocycles. The lowest BCUT2D eigenvalue weighted by Crippen LogP contribution is -2.47. The topological polar surface area (TPSA) is 35.5 Å². The molecular formula is C17H21N5. The third kappa shape index (κ3) is 2.36. The maximum absolute atomic E-state index is 4.35. The van der Waals surface area contributed by atoms with Crippen molar-refractivity contribution in [2.24, 2.45) is 0 Å². The van der Waals surface area contributed by atoms with Crippen molar-refractivity contribution in [2.45, 2.75) is 6.42 Å². The molecule has 22 heavy (non-hydrogen) atoms. The second-order valence-electron chi connectivity index (χ2n) is 6.01. The molecule has 0 atom stereocenters. The zero-order valence-electron chi connectivity index (χ0n) is 12.9. The van der Waals surface area contributed by atoms with E-state index in [4.69, 9.17) is 0 Å². The molecule has 0 radical (unpaired) electrons. The molecule has 5 heteroatoms. The van der Waals surface area contributed by atoms with Crippen LogP contribution >= 0.6 is 0 Å². The summed E-state index contributed by atoms with van der Waals surface area (Å²) in [4.78, 5) is 15.8. The number of benzene rings is 1. The second-order valence-corrected chi connectivity index (χ2v) is 6.01. The molecule has 0 amide bonds. The van der Waals surface area contributed by atoms with Gasteiger partial charge in [-0.1, -0.05) is 0 Å². The summed E-state index contributed by atoms with van der Waals surface area (Å²) in [6.07, 6.45) is 4.79. The fourth-order valence-corrected chi connectivity index (χ4v) is 3.37. The smallest absolute Gasteiger partial charge is 0.225 e. The van der Waals surface area contributed by atoms with Gasteiger partial charge in [0.05, 0.1) is 0 Å². The first-order chi connectivity index (χ1) is 10.8. The van der Waals surface area contributed by atoms with Gasteiger partial charge in [-0.15, -0.1) is 0 Å². The molecule has 1 aromatic heterocycles. The molecule has 0 aliphatic carbocycles. The van der Waals surface area contributed by atoms with Gasteiger partial charge in [-0.05, 0) is 36.2 Å². The van der Waals surface area contributed by atoms with Crippen LogP contribution in [-0.4, -0.2) is 49.7 Å². The summed E-state index contributed by atoms with van der Waals surface area (Å²) in [5.41, 5.74) is 4.22. The summed E-state index contributed by atoms with van der Waals surface area (Å²) in [5, 5.41) is 0. The van der Waals surface area contributed by atoms with Gasteiger partial charge in [0.2, 0.25) is 5.95 Å². The van der Waals surface area contributed by atoms with Crippen molar-refractivity contribution in [3.05, 3.63) is 42.2 Å². The lowest BCUT2D eigenvalue weighted by molar-refractivity contribution is 0.640. The lowest BCUT2D eigenvalue weighted by Gasteiger charge is -2.36. The molecule has 0 bridgehead atoms. The van der Waals surface area contributed by atoms with Crippen LogP contribution in [0.1, 0.15) is 5.56 Å². The zero-order chi connectivity index (χ0) is 14.9. The Morgan fingerprint density at radius 1 is 0.909 bits per heavy atom. The number of rotatable bonds is 2. The standard InChI is InChI=1S/C17H21N5/c1-20-8-5-14-13-15(3-4-16(14)20)21-9-11-22(12-10-21)17-18-6-2-7-19-17/h2-4,6-7,13H,5,8-12H2,1H3. The van der Waals surface area contributed by atoms with Gasteiger partial charge in [-0.2, -0.15) is 0 Å². The van der Waals surface area contributed by atoms with E-state index in [0.717, 1.165) is 45.1 Å². The van der Waals surface area contributed by atoms with Gasteiger partial charge in [-0.3, -0.25) is 0 Å². The van der Waals surface area contributed by atoms with Gasteiger partial charge in [0.15, 0.2) is 0 Å². The Hall–Kier alpha value is -2.30. The third-order valence-electron chi connectivity index (χ3n) is 4.67. The predicted octanol–water partition coefficient (Wildman–Crippen LogP) is 1.80. The van der Waals surface area contributed by atoms with Crippen molar-refractivity contribution < 1.29 is 0 Å². The van der Waals surface area contributed by atoms with Crippen molar-refractivity contribution >= 4 is 17.3 Å². The molecule has 0 spiro atoms. The highest BCUT2D eigenvalue weighted by Gasteiger charge is 2.21. The van der Waals surface area contributed by atoms with E-state index in [2.05, 4.69) is 49.9 Å². The van der Waals surface area contributed by atoms with Gasteiger partial charge in [0, 0.05) is 63.5 Å². The van der Waals surface area contributed by atoms with E-state index < -0.39 is 0 Å². The first-order valence-corrected chi connectivity index (χ1v) is 7.92. The molecule has 5 nitrogen and oxygen atoms in total. The van der Waals surface area contributed by atoms with Crippen LogP contribution < -0.4 is 14.7 Å². The molecule has 0 saturated carbocycles. The first kappa shape index (κ1) is 13.4. The molecule has 1 fully saturated rings. The summed E-state index contributed by atoms with van der Waals surface area (Å²) in [5.74, 6) is 0.845. The van der Waals surface area contributed by atoms with E-state index in [1.165, 1.54) is 16.9 Å². The van der Waals surface area contributed by atoms with Crippen LogP contribution in [0.15, 0.2) is 36.7 Å². The van der Waals surface area contributed by atoms with Gasteiger partial charge in [-0.25, -0.2) is 9.97 Å². The summed E-state index contributed by atoms with van der Waals surface area (Å²) < 4.78 is 0. The van der Waals surface area contributed by atoms with Crippen molar-refractivity contribution in [3.8, 4) is 0 Å². The lowest BCUT2D eigenvalue weighted by atomic mass is 10.1. The molecule has 2 aliphatic rings. The Balaban J connectivity index is 1.46. The maximum Gasteiger partial charge on any atom is 0.225 e. The monoisotopic (exact) mass is 295 g/mol. The Kier molecular flexibility index (Phi) is 3.33. The van der Waals surface area contributed by atoms with Crippen LogP contribution in [0.2, 0.25) is 0 Å². The van der Waals surface area contributed by atoms with Crippen molar-refractivity contribution in [3.63, 3.8) is 0 Å². The van der Waals surface area contributed by atoms with Crippen molar-refractivity contribution in [1.82, 2.24) is 9.97 Å². The molecule has 0 N–H and O–H groups in total. The van der Waals surface area contributed by atoms with Crippen LogP contribution in [0, 0.1) is 0 Å². The number of piperazine rings is 1. The van der Waals surface area contributed by atoms with Crippen LogP contribution in [0.5, 0.6) is 0 Å². The largest absolute Gasteiger partial charge is 0.374 e. The van der Waals surface area contributed by atoms with Crippen molar-refractivity contribution in [1.29, 1.82) is 0 Å². The number of hydrogen-bond acceptors (Lipinski definition) is 5. The normalized spacial score (nSPS) is 17.8. The molecule has 1 aromatic carbocycles.